The van der Waals surface area contributed by atoms with Gasteiger partial charge in [-0.3, -0.25) is 15.0 Å². The molecular weight excluding hydrogens is 400 g/mol. The first-order valence-corrected chi connectivity index (χ1v) is 10.8. The molecule has 0 spiro atoms. The number of aryl methyl sites for hydroxylation is 2. The summed E-state index contributed by atoms with van der Waals surface area (Å²) < 4.78 is 0. The van der Waals surface area contributed by atoms with Crippen molar-refractivity contribution in [3.8, 4) is 11.3 Å². The Kier molecular flexibility index (Phi) is 6.03. The maximum absolute atomic E-state index is 11.2. The monoisotopic (exact) mass is 425 g/mol. The molecule has 1 aliphatic rings. The van der Waals surface area contributed by atoms with Crippen LogP contribution in [0.1, 0.15) is 16.1 Å². The Morgan fingerprint density at radius 1 is 1.20 bits per heavy atom. The molecule has 0 bridgehead atoms. The molecule has 1 saturated heterocycles. The summed E-state index contributed by atoms with van der Waals surface area (Å²) >= 11 is 1.59. The van der Waals surface area contributed by atoms with Crippen molar-refractivity contribution in [3.63, 3.8) is 0 Å². The zero-order chi connectivity index (χ0) is 21.1. The van der Waals surface area contributed by atoms with Crippen LogP contribution in [0.2, 0.25) is 0 Å². The number of nitro groups is 1. The van der Waals surface area contributed by atoms with Crippen LogP contribution in [0.15, 0.2) is 36.4 Å². The van der Waals surface area contributed by atoms with Gasteiger partial charge in [0.15, 0.2) is 5.13 Å². The Morgan fingerprint density at radius 3 is 2.70 bits per heavy atom. The fourth-order valence-corrected chi connectivity index (χ4v) is 4.35. The Balaban J connectivity index is 1.69. The second-order valence-electron chi connectivity index (χ2n) is 7.48. The number of non-ortho nitro benzene ring substituents is 1. The topological polar surface area (TPSA) is 101 Å². The molecule has 3 N–H and O–H groups in total. The van der Waals surface area contributed by atoms with Gasteiger partial charge in [-0.05, 0) is 31.5 Å². The second-order valence-corrected chi connectivity index (χ2v) is 8.68. The zero-order valence-corrected chi connectivity index (χ0v) is 17.9. The molecule has 1 fully saturated rings. The number of nitrogens with zero attached hydrogens (tertiary/aromatic N) is 4. The minimum absolute atomic E-state index is 0.0620. The van der Waals surface area contributed by atoms with Crippen LogP contribution in [0.3, 0.4) is 0 Å². The van der Waals surface area contributed by atoms with Crippen LogP contribution in [0.5, 0.6) is 0 Å². The molecule has 0 saturated carbocycles. The summed E-state index contributed by atoms with van der Waals surface area (Å²) in [6.45, 7) is 9.15. The van der Waals surface area contributed by atoms with Gasteiger partial charge in [-0.2, -0.15) is 0 Å². The van der Waals surface area contributed by atoms with Gasteiger partial charge in [0.05, 0.1) is 29.4 Å². The molecule has 9 heteroatoms. The van der Waals surface area contributed by atoms with E-state index in [-0.39, 0.29) is 10.6 Å². The first-order chi connectivity index (χ1) is 14.5. The quantitative estimate of drug-likeness (QED) is 0.465. The highest BCUT2D eigenvalue weighted by atomic mass is 32.1. The lowest BCUT2D eigenvalue weighted by molar-refractivity contribution is -0.663. The first-order valence-electron chi connectivity index (χ1n) is 9.99. The van der Waals surface area contributed by atoms with Gasteiger partial charge in [-0.1, -0.05) is 12.1 Å². The fraction of sp³-hybridized carbons (Fsp3) is 0.333. The Morgan fingerprint density at radius 2 is 2.00 bits per heavy atom. The van der Waals surface area contributed by atoms with Crippen molar-refractivity contribution in [1.82, 2.24) is 14.9 Å². The van der Waals surface area contributed by atoms with Crippen LogP contribution in [0.25, 0.3) is 11.3 Å². The highest BCUT2D eigenvalue weighted by Crippen LogP contribution is 2.28. The molecule has 0 amide bonds. The standard InChI is InChI=1S/C21H24N6O2S/c1-14-15(2)30-21(23-14)25-20-11-16(13-26-8-6-22-7-9-26)10-19(24-20)17-4-3-5-18(12-17)27(28)29/h3-5,10-12,22H,6-9,13H2,1-2H3,(H,23,24,25)/p+1. The van der Waals surface area contributed by atoms with Crippen molar-refractivity contribution < 1.29 is 10.2 Å². The third kappa shape index (κ3) is 4.81. The Hall–Kier alpha value is -2.88. The Labute approximate surface area is 179 Å². The van der Waals surface area contributed by atoms with Gasteiger partial charge in [0, 0.05) is 42.2 Å². The molecule has 8 nitrogen and oxygen atoms in total. The summed E-state index contributed by atoms with van der Waals surface area (Å²) in [7, 11) is 0. The molecular formula is C21H25N6O2S+. The number of thiazole rings is 1. The largest absolute Gasteiger partial charge is 0.344 e. The minimum atomic E-state index is -0.377. The summed E-state index contributed by atoms with van der Waals surface area (Å²) in [5, 5.41) is 17.7. The lowest BCUT2D eigenvalue weighted by atomic mass is 10.1. The van der Waals surface area contributed by atoms with Crippen molar-refractivity contribution in [2.24, 2.45) is 0 Å². The van der Waals surface area contributed by atoms with Gasteiger partial charge >= 0.3 is 0 Å². The minimum Gasteiger partial charge on any atom is -0.344 e. The van der Waals surface area contributed by atoms with Crippen LogP contribution in [-0.4, -0.2) is 46.0 Å². The van der Waals surface area contributed by atoms with Crippen molar-refractivity contribution in [1.29, 1.82) is 0 Å². The molecule has 3 heterocycles. The van der Waals surface area contributed by atoms with Crippen LogP contribution >= 0.6 is 11.3 Å². The normalized spacial score (nSPS) is 14.6. The van der Waals surface area contributed by atoms with Crippen LogP contribution in [0.4, 0.5) is 16.6 Å². The number of anilines is 2. The zero-order valence-electron chi connectivity index (χ0n) is 17.1. The van der Waals surface area contributed by atoms with E-state index in [4.69, 9.17) is 4.98 Å². The Bertz CT molecular complexity index is 1040. The molecule has 0 unspecified atom stereocenters. The van der Waals surface area contributed by atoms with E-state index in [9.17, 15) is 10.1 Å². The van der Waals surface area contributed by atoms with Gasteiger partial charge in [-0.25, -0.2) is 9.97 Å². The number of nitrogens with two attached hydrogens (primary N) is 1. The number of benzene rings is 1. The van der Waals surface area contributed by atoms with E-state index in [1.165, 1.54) is 6.07 Å². The summed E-state index contributed by atoms with van der Waals surface area (Å²) in [5.41, 5.74) is 3.63. The molecule has 0 atom stereocenters. The van der Waals surface area contributed by atoms with Crippen molar-refractivity contribution in [2.45, 2.75) is 20.4 Å². The SMILES string of the molecule is Cc1nc(Nc2cc(CN3CC[NH2+]CC3)cc(-c3cccc([N+](=O)[O-])c3)n2)sc1C. The van der Waals surface area contributed by atoms with Crippen molar-refractivity contribution in [3.05, 3.63) is 62.6 Å². The van der Waals surface area contributed by atoms with Gasteiger partial charge in [0.2, 0.25) is 0 Å². The molecule has 0 radical (unpaired) electrons. The summed E-state index contributed by atoms with van der Waals surface area (Å²) in [4.78, 5) is 23.7. The molecule has 30 heavy (non-hydrogen) atoms. The van der Waals surface area contributed by atoms with E-state index >= 15 is 0 Å². The van der Waals surface area contributed by atoms with E-state index in [0.717, 1.165) is 59.6 Å². The lowest BCUT2D eigenvalue weighted by Gasteiger charge is -2.25. The average Bonchev–Trinajstić information content (AvgIpc) is 3.05. The molecule has 2 aromatic heterocycles. The molecule has 0 aliphatic carbocycles. The highest BCUT2D eigenvalue weighted by Gasteiger charge is 2.16. The first kappa shape index (κ1) is 20.4. The summed E-state index contributed by atoms with van der Waals surface area (Å²) in [6.07, 6.45) is 0. The number of pyridine rings is 1. The number of hydrogen-bond donors (Lipinski definition) is 2. The number of piperazine rings is 1. The number of quaternary nitrogens is 1. The molecule has 1 aromatic carbocycles. The van der Waals surface area contributed by atoms with Gasteiger partial charge in [0.25, 0.3) is 5.69 Å². The summed E-state index contributed by atoms with van der Waals surface area (Å²) in [5.74, 6) is 0.700. The van der Waals surface area contributed by atoms with Crippen molar-refractivity contribution >= 4 is 28.0 Å². The molecule has 156 valence electrons. The van der Waals surface area contributed by atoms with Gasteiger partial charge in [-0.15, -0.1) is 11.3 Å². The molecule has 1 aliphatic heterocycles. The van der Waals surface area contributed by atoms with E-state index in [1.54, 1.807) is 23.5 Å². The lowest BCUT2D eigenvalue weighted by Crippen LogP contribution is -2.89. The van der Waals surface area contributed by atoms with E-state index in [1.807, 2.05) is 32.0 Å². The van der Waals surface area contributed by atoms with E-state index < -0.39 is 0 Å². The third-order valence-corrected chi connectivity index (χ3v) is 6.19. The van der Waals surface area contributed by atoms with Crippen molar-refractivity contribution in [2.75, 3.05) is 31.5 Å². The van der Waals surface area contributed by atoms with E-state index in [0.29, 0.717) is 11.5 Å². The number of nitro benzene ring substituents is 1. The van der Waals surface area contributed by atoms with E-state index in [2.05, 4.69) is 20.5 Å². The number of rotatable bonds is 6. The van der Waals surface area contributed by atoms with Crippen LogP contribution < -0.4 is 10.6 Å². The molecule has 3 aromatic rings. The van der Waals surface area contributed by atoms with Gasteiger partial charge in [0.1, 0.15) is 5.82 Å². The molecule has 4 rings (SSSR count). The van der Waals surface area contributed by atoms with Crippen LogP contribution in [-0.2, 0) is 6.54 Å². The van der Waals surface area contributed by atoms with Crippen LogP contribution in [0, 0.1) is 24.0 Å². The predicted molar refractivity (Wildman–Crippen MR) is 118 cm³/mol. The number of hydrogen-bond acceptors (Lipinski definition) is 7. The smallest absolute Gasteiger partial charge is 0.270 e. The fourth-order valence-electron chi connectivity index (χ4n) is 3.53. The number of aromatic nitrogens is 2. The maximum Gasteiger partial charge on any atom is 0.270 e. The predicted octanol–water partition coefficient (Wildman–Crippen LogP) is 2.85. The second kappa shape index (κ2) is 8.86. The maximum atomic E-state index is 11.2. The average molecular weight is 426 g/mol. The third-order valence-electron chi connectivity index (χ3n) is 5.21. The highest BCUT2D eigenvalue weighted by molar-refractivity contribution is 7.15. The number of nitrogens with one attached hydrogen (secondary N) is 1. The van der Waals surface area contributed by atoms with Gasteiger partial charge < -0.3 is 10.6 Å². The summed E-state index contributed by atoms with van der Waals surface area (Å²) in [6, 6.07) is 10.7.